The molecule has 0 unspecified atom stereocenters. The molecule has 0 bridgehead atoms. The van der Waals surface area contributed by atoms with Crippen molar-refractivity contribution >= 4 is 11.5 Å². The normalized spacial score (nSPS) is 17.0. The van der Waals surface area contributed by atoms with Crippen LogP contribution in [-0.2, 0) is 11.2 Å². The summed E-state index contributed by atoms with van der Waals surface area (Å²) >= 11 is 0. The summed E-state index contributed by atoms with van der Waals surface area (Å²) in [6.45, 7) is 3.58. The third-order valence-electron chi connectivity index (χ3n) is 4.01. The molecule has 3 rings (SSSR count). The van der Waals surface area contributed by atoms with E-state index in [0.29, 0.717) is 5.82 Å². The fourth-order valence-corrected chi connectivity index (χ4v) is 2.65. The van der Waals surface area contributed by atoms with Crippen molar-refractivity contribution in [1.82, 2.24) is 9.97 Å². The molecule has 2 aromatic rings. The fraction of sp³-hybridized carbons (Fsp3) is 0.412. The molecule has 126 valence electrons. The summed E-state index contributed by atoms with van der Waals surface area (Å²) in [5.41, 5.74) is 1.74. The van der Waals surface area contributed by atoms with Gasteiger partial charge in [0.05, 0.1) is 11.0 Å². The van der Waals surface area contributed by atoms with Crippen LogP contribution in [0.4, 0.5) is 11.5 Å². The lowest BCUT2D eigenvalue weighted by molar-refractivity contribution is -0.384. The zero-order valence-electron chi connectivity index (χ0n) is 13.6. The average Bonchev–Trinajstić information content (AvgIpc) is 3.13. The molecule has 1 N–H and O–H groups in total. The number of rotatable bonds is 6. The number of hydrogen-bond donors (Lipinski definition) is 1. The van der Waals surface area contributed by atoms with Gasteiger partial charge in [-0.1, -0.05) is 6.92 Å². The number of nitro groups is 1. The van der Waals surface area contributed by atoms with Crippen molar-refractivity contribution in [2.45, 2.75) is 32.3 Å². The van der Waals surface area contributed by atoms with Crippen LogP contribution in [0.3, 0.4) is 0 Å². The number of hydrogen-bond acceptors (Lipinski definition) is 6. The number of aryl methyl sites for hydroxylation is 1. The molecule has 0 amide bonds. The summed E-state index contributed by atoms with van der Waals surface area (Å²) in [7, 11) is 0. The lowest BCUT2D eigenvalue weighted by Gasteiger charge is -2.13. The molecule has 1 aromatic heterocycles. The van der Waals surface area contributed by atoms with Crippen molar-refractivity contribution in [3.63, 3.8) is 0 Å². The van der Waals surface area contributed by atoms with Gasteiger partial charge in [0.1, 0.15) is 5.82 Å². The van der Waals surface area contributed by atoms with Crippen LogP contribution in [0.5, 0.6) is 0 Å². The van der Waals surface area contributed by atoms with Crippen molar-refractivity contribution in [3.05, 3.63) is 46.1 Å². The van der Waals surface area contributed by atoms with Crippen molar-refractivity contribution in [2.24, 2.45) is 0 Å². The second-order valence-electron chi connectivity index (χ2n) is 5.74. The van der Waals surface area contributed by atoms with E-state index in [9.17, 15) is 10.1 Å². The molecule has 1 atom stereocenters. The smallest absolute Gasteiger partial charge is 0.269 e. The molecule has 7 nitrogen and oxygen atoms in total. The summed E-state index contributed by atoms with van der Waals surface area (Å²) in [5.74, 6) is 1.32. The third-order valence-corrected chi connectivity index (χ3v) is 4.01. The molecular weight excluding hydrogens is 308 g/mol. The number of nitrogens with one attached hydrogen (secondary N) is 1. The second-order valence-corrected chi connectivity index (χ2v) is 5.74. The molecule has 1 aliphatic heterocycles. The highest BCUT2D eigenvalue weighted by atomic mass is 16.6. The highest BCUT2D eigenvalue weighted by Gasteiger charge is 2.16. The predicted molar refractivity (Wildman–Crippen MR) is 91.0 cm³/mol. The van der Waals surface area contributed by atoms with Crippen LogP contribution in [0.25, 0.3) is 11.4 Å². The average molecular weight is 328 g/mol. The van der Waals surface area contributed by atoms with Gasteiger partial charge in [-0.2, -0.15) is 0 Å². The van der Waals surface area contributed by atoms with Gasteiger partial charge in [0.15, 0.2) is 5.82 Å². The van der Waals surface area contributed by atoms with Crippen LogP contribution in [0, 0.1) is 10.1 Å². The molecule has 1 aromatic carbocycles. The zero-order valence-corrected chi connectivity index (χ0v) is 13.6. The van der Waals surface area contributed by atoms with E-state index in [1.807, 2.05) is 13.0 Å². The van der Waals surface area contributed by atoms with E-state index >= 15 is 0 Å². The summed E-state index contributed by atoms with van der Waals surface area (Å²) < 4.78 is 5.61. The van der Waals surface area contributed by atoms with Gasteiger partial charge >= 0.3 is 0 Å². The maximum absolute atomic E-state index is 10.8. The van der Waals surface area contributed by atoms with E-state index < -0.39 is 4.92 Å². The summed E-state index contributed by atoms with van der Waals surface area (Å²) in [4.78, 5) is 19.4. The van der Waals surface area contributed by atoms with Gasteiger partial charge in [-0.15, -0.1) is 0 Å². The second kappa shape index (κ2) is 7.35. The first kappa shape index (κ1) is 16.3. The van der Waals surface area contributed by atoms with Crippen LogP contribution >= 0.6 is 0 Å². The number of anilines is 1. The van der Waals surface area contributed by atoms with Gasteiger partial charge < -0.3 is 10.1 Å². The van der Waals surface area contributed by atoms with Crippen LogP contribution in [0.15, 0.2) is 30.3 Å². The van der Waals surface area contributed by atoms with Crippen LogP contribution < -0.4 is 5.32 Å². The number of nitro benzene ring substituents is 1. The first-order valence-corrected chi connectivity index (χ1v) is 8.14. The van der Waals surface area contributed by atoms with E-state index in [0.717, 1.165) is 49.5 Å². The quantitative estimate of drug-likeness (QED) is 0.647. The lowest BCUT2D eigenvalue weighted by atomic mass is 10.2. The van der Waals surface area contributed by atoms with Crippen molar-refractivity contribution in [2.75, 3.05) is 18.5 Å². The highest BCUT2D eigenvalue weighted by Crippen LogP contribution is 2.22. The number of non-ortho nitro benzene ring substituents is 1. The Labute approximate surface area is 140 Å². The summed E-state index contributed by atoms with van der Waals surface area (Å²) in [6, 6.07) is 8.23. The SMILES string of the molecule is CCc1cc(NC[C@H]2CCCO2)nc(-c2ccc([N+](=O)[O-])cc2)n1. The Morgan fingerprint density at radius 1 is 1.33 bits per heavy atom. The Bertz CT molecular complexity index is 712. The Morgan fingerprint density at radius 3 is 2.75 bits per heavy atom. The van der Waals surface area contributed by atoms with E-state index in [1.54, 1.807) is 12.1 Å². The third kappa shape index (κ3) is 3.86. The van der Waals surface area contributed by atoms with Crippen molar-refractivity contribution in [1.29, 1.82) is 0 Å². The Balaban J connectivity index is 1.81. The maximum atomic E-state index is 10.8. The molecule has 1 fully saturated rings. The Hall–Kier alpha value is -2.54. The largest absolute Gasteiger partial charge is 0.376 e. The van der Waals surface area contributed by atoms with Gasteiger partial charge in [0, 0.05) is 42.6 Å². The summed E-state index contributed by atoms with van der Waals surface area (Å²) in [6.07, 6.45) is 3.18. The van der Waals surface area contributed by atoms with Crippen LogP contribution in [-0.4, -0.2) is 34.1 Å². The molecule has 7 heteroatoms. The minimum atomic E-state index is -0.415. The number of nitrogens with zero attached hydrogens (tertiary/aromatic N) is 3. The topological polar surface area (TPSA) is 90.2 Å². The minimum Gasteiger partial charge on any atom is -0.376 e. The summed E-state index contributed by atoms with van der Waals surface area (Å²) in [5, 5.41) is 14.1. The van der Waals surface area contributed by atoms with Crippen molar-refractivity contribution < 1.29 is 9.66 Å². The monoisotopic (exact) mass is 328 g/mol. The van der Waals surface area contributed by atoms with E-state index in [1.165, 1.54) is 12.1 Å². The van der Waals surface area contributed by atoms with Crippen LogP contribution in [0.1, 0.15) is 25.5 Å². The van der Waals surface area contributed by atoms with Gasteiger partial charge in [0.2, 0.25) is 0 Å². The molecule has 1 saturated heterocycles. The van der Waals surface area contributed by atoms with Gasteiger partial charge in [-0.25, -0.2) is 9.97 Å². The molecule has 24 heavy (non-hydrogen) atoms. The molecule has 0 spiro atoms. The van der Waals surface area contributed by atoms with Crippen LogP contribution in [0.2, 0.25) is 0 Å². The Morgan fingerprint density at radius 2 is 2.12 bits per heavy atom. The molecule has 0 aliphatic carbocycles. The first-order valence-electron chi connectivity index (χ1n) is 8.14. The lowest BCUT2D eigenvalue weighted by Crippen LogP contribution is -2.19. The maximum Gasteiger partial charge on any atom is 0.269 e. The highest BCUT2D eigenvalue weighted by molar-refractivity contribution is 5.59. The van der Waals surface area contributed by atoms with Gasteiger partial charge in [-0.3, -0.25) is 10.1 Å². The van der Waals surface area contributed by atoms with E-state index in [2.05, 4.69) is 15.3 Å². The molecule has 1 aliphatic rings. The number of benzene rings is 1. The van der Waals surface area contributed by atoms with Gasteiger partial charge in [-0.05, 0) is 31.4 Å². The first-order chi connectivity index (χ1) is 11.7. The predicted octanol–water partition coefficient (Wildman–Crippen LogP) is 3.21. The molecule has 0 radical (unpaired) electrons. The van der Waals surface area contributed by atoms with Gasteiger partial charge in [0.25, 0.3) is 5.69 Å². The number of ether oxygens (including phenoxy) is 1. The van der Waals surface area contributed by atoms with Crippen molar-refractivity contribution in [3.8, 4) is 11.4 Å². The number of aromatic nitrogens is 2. The minimum absolute atomic E-state index is 0.0575. The molecule has 2 heterocycles. The zero-order chi connectivity index (χ0) is 16.9. The van der Waals surface area contributed by atoms with E-state index in [4.69, 9.17) is 4.74 Å². The fourth-order valence-electron chi connectivity index (χ4n) is 2.65. The standard InChI is InChI=1S/C17H20N4O3/c1-2-13-10-16(18-11-15-4-3-9-24-15)20-17(19-13)12-5-7-14(8-6-12)21(22)23/h5-8,10,15H,2-4,9,11H2,1H3,(H,18,19,20)/t15-/m1/s1. The Kier molecular flexibility index (Phi) is 5.00. The molecular formula is C17H20N4O3. The molecule has 0 saturated carbocycles. The van der Waals surface area contributed by atoms with E-state index in [-0.39, 0.29) is 11.8 Å².